The molecule has 4 rings (SSSR count). The lowest BCUT2D eigenvalue weighted by atomic mass is 9.98. The van der Waals surface area contributed by atoms with Gasteiger partial charge in [0, 0.05) is 54.5 Å². The van der Waals surface area contributed by atoms with Gasteiger partial charge in [-0.05, 0) is 61.2 Å². The largest absolute Gasteiger partial charge is 0.457 e. The molecule has 41 heavy (non-hydrogen) atoms. The molecule has 1 amide bonds. The average molecular weight is 683 g/mol. The minimum atomic E-state index is -3.74. The van der Waals surface area contributed by atoms with Gasteiger partial charge in [-0.1, -0.05) is 66.0 Å². The molecule has 1 N–H and O–H groups in total. The van der Waals surface area contributed by atoms with Crippen LogP contribution in [0.3, 0.4) is 0 Å². The molecule has 3 aromatic carbocycles. The molecule has 1 fully saturated rings. The molecule has 11 heteroatoms. The number of piperidine rings is 1. The highest BCUT2D eigenvalue weighted by Gasteiger charge is 2.27. The van der Waals surface area contributed by atoms with Gasteiger partial charge in [0.1, 0.15) is 11.5 Å². The van der Waals surface area contributed by atoms with Crippen LogP contribution in [0.25, 0.3) is 0 Å². The predicted octanol–water partition coefficient (Wildman–Crippen LogP) is 7.75. The quantitative estimate of drug-likeness (QED) is 0.237. The summed E-state index contributed by atoms with van der Waals surface area (Å²) in [7, 11) is -3.74. The van der Waals surface area contributed by atoms with Crippen LogP contribution in [-0.2, 0) is 16.6 Å². The maximum absolute atomic E-state index is 13.7. The van der Waals surface area contributed by atoms with Gasteiger partial charge < -0.3 is 15.0 Å². The number of carbonyl (C=O) groups is 1. The molecule has 1 aliphatic heterocycles. The van der Waals surface area contributed by atoms with Crippen LogP contribution < -0.4 is 15.0 Å². The minimum Gasteiger partial charge on any atom is -0.457 e. The van der Waals surface area contributed by atoms with Crippen molar-refractivity contribution in [3.05, 3.63) is 80.2 Å². The first-order valence-electron chi connectivity index (χ1n) is 13.6. The Balaban J connectivity index is 1.63. The van der Waals surface area contributed by atoms with Gasteiger partial charge in [-0.3, -0.25) is 4.79 Å². The number of ether oxygens (including phenoxy) is 1. The van der Waals surface area contributed by atoms with Crippen LogP contribution in [0.5, 0.6) is 11.5 Å². The van der Waals surface area contributed by atoms with Crippen LogP contribution in [0.15, 0.2) is 64.0 Å². The Morgan fingerprint density at radius 2 is 1.73 bits per heavy atom. The third-order valence-corrected chi connectivity index (χ3v) is 10.5. The van der Waals surface area contributed by atoms with Crippen LogP contribution in [0.4, 0.5) is 5.69 Å². The number of rotatable bonds is 10. The zero-order valence-electron chi connectivity index (χ0n) is 23.3. The zero-order chi connectivity index (χ0) is 29.7. The zero-order valence-corrected chi connectivity index (χ0v) is 27.2. The smallest absolute Gasteiger partial charge is 0.253 e. The molecular formula is C30H34BrCl2N3O4S. The van der Waals surface area contributed by atoms with Crippen LogP contribution in [0.2, 0.25) is 10.0 Å². The second-order valence-corrected chi connectivity index (χ2v) is 13.7. The van der Waals surface area contributed by atoms with E-state index in [9.17, 15) is 13.2 Å². The van der Waals surface area contributed by atoms with E-state index in [0.29, 0.717) is 46.1 Å². The Labute approximate surface area is 260 Å². The van der Waals surface area contributed by atoms with Crippen molar-refractivity contribution in [1.82, 2.24) is 9.62 Å². The normalized spacial score (nSPS) is 14.4. The highest BCUT2D eigenvalue weighted by molar-refractivity contribution is 9.10. The molecule has 0 saturated carbocycles. The van der Waals surface area contributed by atoms with Gasteiger partial charge in [0.05, 0.1) is 20.5 Å². The van der Waals surface area contributed by atoms with Crippen molar-refractivity contribution in [2.75, 3.05) is 31.1 Å². The fourth-order valence-electron chi connectivity index (χ4n) is 4.80. The monoisotopic (exact) mass is 681 g/mol. The van der Waals surface area contributed by atoms with Crippen molar-refractivity contribution in [2.45, 2.75) is 45.1 Å². The third-order valence-electron chi connectivity index (χ3n) is 7.27. The SMILES string of the molecule is CCN(CC)S(=O)(=O)c1ccc(N2CCC(C)CC2)c(C(=O)NCc2ccc(Br)cc2Oc2ccc(Cl)c(Cl)c2)c1. The first-order valence-corrected chi connectivity index (χ1v) is 16.6. The molecule has 7 nitrogen and oxygen atoms in total. The summed E-state index contributed by atoms with van der Waals surface area (Å²) in [5.74, 6) is 1.28. The summed E-state index contributed by atoms with van der Waals surface area (Å²) in [6.07, 6.45) is 2.02. The van der Waals surface area contributed by atoms with Crippen LogP contribution in [-0.4, -0.2) is 44.8 Å². The number of sulfonamides is 1. The van der Waals surface area contributed by atoms with Crippen molar-refractivity contribution in [3.8, 4) is 11.5 Å². The standard InChI is InChI=1S/C30H34BrCl2N3O4S/c1-4-36(5-2)41(38,39)24-9-11-28(35-14-12-20(3)13-15-35)25(18-24)30(37)34-19-21-6-7-22(31)16-29(21)40-23-8-10-26(32)27(33)17-23/h6-11,16-18,20H,4-5,12-15,19H2,1-3H3,(H,34,37). The summed E-state index contributed by atoms with van der Waals surface area (Å²) < 4.78 is 34.9. The molecule has 220 valence electrons. The summed E-state index contributed by atoms with van der Waals surface area (Å²) in [4.78, 5) is 16.0. The van der Waals surface area contributed by atoms with Crippen LogP contribution >= 0.6 is 39.1 Å². The fraction of sp³-hybridized carbons (Fsp3) is 0.367. The van der Waals surface area contributed by atoms with E-state index in [1.807, 2.05) is 18.2 Å². The van der Waals surface area contributed by atoms with Gasteiger partial charge in [0.2, 0.25) is 10.0 Å². The van der Waals surface area contributed by atoms with Gasteiger partial charge in [0.15, 0.2) is 0 Å². The molecule has 3 aromatic rings. The molecule has 0 spiro atoms. The lowest BCUT2D eigenvalue weighted by molar-refractivity contribution is 0.0951. The van der Waals surface area contributed by atoms with Gasteiger partial charge in [0.25, 0.3) is 5.91 Å². The number of nitrogens with zero attached hydrogens (tertiary/aromatic N) is 2. The summed E-state index contributed by atoms with van der Waals surface area (Å²) in [6, 6.07) is 15.4. The number of carbonyl (C=O) groups excluding carboxylic acids is 1. The second-order valence-electron chi connectivity index (χ2n) is 10.1. The summed E-state index contributed by atoms with van der Waals surface area (Å²) in [5.41, 5.74) is 1.79. The summed E-state index contributed by atoms with van der Waals surface area (Å²) in [6.45, 7) is 8.28. The number of benzene rings is 3. The molecule has 0 unspecified atom stereocenters. The van der Waals surface area contributed by atoms with E-state index in [-0.39, 0.29) is 17.3 Å². The topological polar surface area (TPSA) is 79.0 Å². The highest BCUT2D eigenvalue weighted by Crippen LogP contribution is 2.33. The molecule has 0 bridgehead atoms. The Hall–Kier alpha value is -2.30. The maximum Gasteiger partial charge on any atom is 0.253 e. The van der Waals surface area contributed by atoms with Crippen molar-refractivity contribution in [1.29, 1.82) is 0 Å². The van der Waals surface area contributed by atoms with E-state index in [0.717, 1.165) is 41.7 Å². The lowest BCUT2D eigenvalue weighted by Gasteiger charge is -2.33. The molecule has 0 aliphatic carbocycles. The number of hydrogen-bond donors (Lipinski definition) is 1. The Morgan fingerprint density at radius 3 is 2.39 bits per heavy atom. The minimum absolute atomic E-state index is 0.104. The van der Waals surface area contributed by atoms with Gasteiger partial charge in [-0.25, -0.2) is 8.42 Å². The van der Waals surface area contributed by atoms with Crippen LogP contribution in [0.1, 0.15) is 49.5 Å². The van der Waals surface area contributed by atoms with E-state index < -0.39 is 10.0 Å². The van der Waals surface area contributed by atoms with E-state index >= 15 is 0 Å². The Morgan fingerprint density at radius 1 is 1.02 bits per heavy atom. The van der Waals surface area contributed by atoms with Crippen molar-refractivity contribution < 1.29 is 17.9 Å². The number of halogens is 3. The molecule has 0 atom stereocenters. The van der Waals surface area contributed by atoms with Crippen molar-refractivity contribution in [3.63, 3.8) is 0 Å². The van der Waals surface area contributed by atoms with Gasteiger partial charge in [-0.2, -0.15) is 4.31 Å². The fourth-order valence-corrected chi connectivity index (χ4v) is 6.92. The van der Waals surface area contributed by atoms with E-state index in [1.165, 1.54) is 10.4 Å². The molecule has 1 heterocycles. The number of anilines is 1. The summed E-state index contributed by atoms with van der Waals surface area (Å²) in [5, 5.41) is 3.78. The van der Waals surface area contributed by atoms with Crippen molar-refractivity contribution >= 4 is 60.7 Å². The molecule has 0 aromatic heterocycles. The van der Waals surface area contributed by atoms with Crippen LogP contribution in [0, 0.1) is 5.92 Å². The van der Waals surface area contributed by atoms with Gasteiger partial charge in [-0.15, -0.1) is 0 Å². The maximum atomic E-state index is 13.7. The number of amides is 1. The average Bonchev–Trinajstić information content (AvgIpc) is 2.95. The van der Waals surface area contributed by atoms with E-state index in [4.69, 9.17) is 27.9 Å². The highest BCUT2D eigenvalue weighted by atomic mass is 79.9. The van der Waals surface area contributed by atoms with Gasteiger partial charge >= 0.3 is 0 Å². The molecule has 0 radical (unpaired) electrons. The molecule has 1 aliphatic rings. The molecular weight excluding hydrogens is 649 g/mol. The third kappa shape index (κ3) is 7.56. The summed E-state index contributed by atoms with van der Waals surface area (Å²) >= 11 is 15.7. The van der Waals surface area contributed by atoms with E-state index in [1.54, 1.807) is 44.2 Å². The Bertz CT molecular complexity index is 1510. The predicted molar refractivity (Wildman–Crippen MR) is 169 cm³/mol. The number of hydrogen-bond acceptors (Lipinski definition) is 5. The lowest BCUT2D eigenvalue weighted by Crippen LogP contribution is -2.35. The Kier molecular flexibility index (Phi) is 10.6. The second kappa shape index (κ2) is 13.8. The first kappa shape index (κ1) is 31.6. The number of nitrogens with one attached hydrogen (secondary N) is 1. The molecule has 1 saturated heterocycles. The van der Waals surface area contributed by atoms with E-state index in [2.05, 4.69) is 33.1 Å². The van der Waals surface area contributed by atoms with Crippen molar-refractivity contribution in [2.24, 2.45) is 5.92 Å². The first-order chi connectivity index (χ1) is 19.5.